The minimum absolute atomic E-state index is 0.0850. The maximum atomic E-state index is 9.39. The number of unbranched alkanes of at least 4 members (excludes halogenated alkanes) is 5. The smallest absolute Gasteiger partial charge is 0.0626 e. The molecule has 0 heterocycles. The van der Waals surface area contributed by atoms with E-state index in [1.165, 1.54) is 44.1 Å². The summed E-state index contributed by atoms with van der Waals surface area (Å²) in [6, 6.07) is 10.3. The lowest BCUT2D eigenvalue weighted by Gasteiger charge is -2.16. The maximum absolute atomic E-state index is 9.39. The molecule has 0 bridgehead atoms. The van der Waals surface area contributed by atoms with E-state index in [9.17, 15) is 5.11 Å². The summed E-state index contributed by atoms with van der Waals surface area (Å²) in [7, 11) is 0. The van der Waals surface area contributed by atoms with E-state index in [0.717, 1.165) is 6.54 Å². The molecule has 0 amide bonds. The fourth-order valence-corrected chi connectivity index (χ4v) is 2.15. The number of nitrogens with one attached hydrogen (secondary N) is 1. The van der Waals surface area contributed by atoms with Crippen molar-refractivity contribution in [2.24, 2.45) is 0 Å². The van der Waals surface area contributed by atoms with Crippen molar-refractivity contribution in [1.82, 2.24) is 5.32 Å². The van der Waals surface area contributed by atoms with Gasteiger partial charge in [0.15, 0.2) is 0 Å². The van der Waals surface area contributed by atoms with Crippen LogP contribution in [0.2, 0.25) is 0 Å². The van der Waals surface area contributed by atoms with Crippen LogP contribution in [0, 0.1) is 0 Å². The molecule has 2 heteroatoms. The topological polar surface area (TPSA) is 32.3 Å². The average molecular weight is 249 g/mol. The van der Waals surface area contributed by atoms with Crippen LogP contribution in [0.15, 0.2) is 30.3 Å². The first-order valence-corrected chi connectivity index (χ1v) is 7.27. The van der Waals surface area contributed by atoms with E-state index in [2.05, 4.69) is 24.4 Å². The van der Waals surface area contributed by atoms with E-state index >= 15 is 0 Å². The number of aliphatic hydroxyl groups is 1. The number of rotatable bonds is 10. The lowest BCUT2D eigenvalue weighted by molar-refractivity contribution is 0.244. The molecule has 0 saturated heterocycles. The molecule has 18 heavy (non-hydrogen) atoms. The standard InChI is InChI=1S/C16H27NO/c1-2-3-4-5-6-10-13-17-16(14-18)15-11-8-7-9-12-15/h7-9,11-12,16-18H,2-6,10,13-14H2,1H3/t16-/m1/s1. The van der Waals surface area contributed by atoms with E-state index in [4.69, 9.17) is 0 Å². The third-order valence-electron chi connectivity index (χ3n) is 3.31. The Morgan fingerprint density at radius 2 is 1.67 bits per heavy atom. The molecule has 0 spiro atoms. The summed E-state index contributed by atoms with van der Waals surface area (Å²) in [6.07, 6.45) is 7.85. The first-order valence-electron chi connectivity index (χ1n) is 7.27. The summed E-state index contributed by atoms with van der Waals surface area (Å²) in [4.78, 5) is 0. The van der Waals surface area contributed by atoms with Gasteiger partial charge in [0.2, 0.25) is 0 Å². The van der Waals surface area contributed by atoms with Gasteiger partial charge in [0.25, 0.3) is 0 Å². The van der Waals surface area contributed by atoms with Crippen molar-refractivity contribution in [2.45, 2.75) is 51.5 Å². The van der Waals surface area contributed by atoms with Crippen molar-refractivity contribution >= 4 is 0 Å². The second kappa shape index (κ2) is 10.1. The lowest BCUT2D eigenvalue weighted by Crippen LogP contribution is -2.25. The highest BCUT2D eigenvalue weighted by Gasteiger charge is 2.07. The molecule has 2 nitrogen and oxygen atoms in total. The minimum atomic E-state index is 0.0850. The molecule has 1 atom stereocenters. The highest BCUT2D eigenvalue weighted by atomic mass is 16.3. The second-order valence-electron chi connectivity index (χ2n) is 4.87. The van der Waals surface area contributed by atoms with E-state index in [0.29, 0.717) is 0 Å². The van der Waals surface area contributed by atoms with E-state index in [-0.39, 0.29) is 12.6 Å². The van der Waals surface area contributed by atoms with E-state index in [1.54, 1.807) is 0 Å². The zero-order valence-electron chi connectivity index (χ0n) is 11.6. The third-order valence-corrected chi connectivity index (χ3v) is 3.31. The highest BCUT2D eigenvalue weighted by Crippen LogP contribution is 2.12. The van der Waals surface area contributed by atoms with Gasteiger partial charge in [0, 0.05) is 0 Å². The molecule has 1 aromatic carbocycles. The highest BCUT2D eigenvalue weighted by molar-refractivity contribution is 5.18. The maximum Gasteiger partial charge on any atom is 0.0626 e. The van der Waals surface area contributed by atoms with Crippen LogP contribution in [0.1, 0.15) is 57.1 Å². The Bertz CT molecular complexity index is 286. The summed E-state index contributed by atoms with van der Waals surface area (Å²) < 4.78 is 0. The van der Waals surface area contributed by atoms with Crippen LogP contribution in [0.25, 0.3) is 0 Å². The number of aliphatic hydroxyl groups excluding tert-OH is 1. The van der Waals surface area contributed by atoms with Gasteiger partial charge in [-0.25, -0.2) is 0 Å². The predicted molar refractivity (Wildman–Crippen MR) is 77.6 cm³/mol. The van der Waals surface area contributed by atoms with Gasteiger partial charge in [0.05, 0.1) is 12.6 Å². The van der Waals surface area contributed by atoms with Crippen LogP contribution in [-0.2, 0) is 0 Å². The summed E-state index contributed by atoms with van der Waals surface area (Å²) >= 11 is 0. The molecule has 0 radical (unpaired) electrons. The van der Waals surface area contributed by atoms with Crippen molar-refractivity contribution < 1.29 is 5.11 Å². The fourth-order valence-electron chi connectivity index (χ4n) is 2.15. The summed E-state index contributed by atoms with van der Waals surface area (Å²) in [6.45, 7) is 3.40. The minimum Gasteiger partial charge on any atom is -0.394 e. The molecule has 0 aliphatic rings. The Kier molecular flexibility index (Phi) is 8.53. The number of benzene rings is 1. The van der Waals surface area contributed by atoms with Crippen molar-refractivity contribution in [3.8, 4) is 0 Å². The van der Waals surface area contributed by atoms with Crippen molar-refractivity contribution in [3.05, 3.63) is 35.9 Å². The molecular weight excluding hydrogens is 222 g/mol. The first kappa shape index (κ1) is 15.2. The molecule has 0 aromatic heterocycles. The van der Waals surface area contributed by atoms with Crippen LogP contribution >= 0.6 is 0 Å². The van der Waals surface area contributed by atoms with Crippen LogP contribution < -0.4 is 5.32 Å². The monoisotopic (exact) mass is 249 g/mol. The zero-order chi connectivity index (χ0) is 13.1. The Labute approximate surface area is 111 Å². The van der Waals surface area contributed by atoms with Crippen LogP contribution in [-0.4, -0.2) is 18.3 Å². The quantitative estimate of drug-likeness (QED) is 0.620. The molecule has 0 unspecified atom stereocenters. The first-order chi connectivity index (χ1) is 8.88. The summed E-state index contributed by atoms with van der Waals surface area (Å²) in [5.74, 6) is 0. The summed E-state index contributed by atoms with van der Waals surface area (Å²) in [5, 5.41) is 12.8. The number of hydrogen-bond donors (Lipinski definition) is 2. The Morgan fingerprint density at radius 3 is 2.33 bits per heavy atom. The van der Waals surface area contributed by atoms with Crippen molar-refractivity contribution in [1.29, 1.82) is 0 Å². The molecular formula is C16H27NO. The van der Waals surface area contributed by atoms with Crippen LogP contribution in [0.3, 0.4) is 0 Å². The molecule has 2 N–H and O–H groups in total. The molecule has 0 aliphatic heterocycles. The molecule has 1 aromatic rings. The van der Waals surface area contributed by atoms with Crippen LogP contribution in [0.5, 0.6) is 0 Å². The van der Waals surface area contributed by atoms with Crippen molar-refractivity contribution in [3.63, 3.8) is 0 Å². The molecule has 102 valence electrons. The third kappa shape index (κ3) is 6.18. The molecule has 1 rings (SSSR count). The molecule has 0 aliphatic carbocycles. The molecule has 0 fully saturated rings. The number of hydrogen-bond acceptors (Lipinski definition) is 2. The Balaban J connectivity index is 2.13. The van der Waals surface area contributed by atoms with Gasteiger partial charge in [-0.3, -0.25) is 0 Å². The molecule has 0 saturated carbocycles. The van der Waals surface area contributed by atoms with E-state index < -0.39 is 0 Å². The van der Waals surface area contributed by atoms with Gasteiger partial charge in [-0.2, -0.15) is 0 Å². The normalized spacial score (nSPS) is 12.6. The van der Waals surface area contributed by atoms with Gasteiger partial charge in [-0.15, -0.1) is 0 Å². The predicted octanol–water partition coefficient (Wildman–Crippen LogP) is 3.67. The van der Waals surface area contributed by atoms with Crippen LogP contribution in [0.4, 0.5) is 0 Å². The van der Waals surface area contributed by atoms with Gasteiger partial charge >= 0.3 is 0 Å². The zero-order valence-corrected chi connectivity index (χ0v) is 11.6. The Morgan fingerprint density at radius 1 is 1.00 bits per heavy atom. The van der Waals surface area contributed by atoms with Gasteiger partial charge in [-0.1, -0.05) is 69.4 Å². The largest absolute Gasteiger partial charge is 0.394 e. The summed E-state index contributed by atoms with van der Waals surface area (Å²) in [5.41, 5.74) is 1.17. The average Bonchev–Trinajstić information content (AvgIpc) is 2.43. The second-order valence-corrected chi connectivity index (χ2v) is 4.87. The van der Waals surface area contributed by atoms with Crippen molar-refractivity contribution in [2.75, 3.05) is 13.2 Å². The lowest BCUT2D eigenvalue weighted by atomic mass is 10.1. The van der Waals surface area contributed by atoms with Gasteiger partial charge in [-0.05, 0) is 18.5 Å². The van der Waals surface area contributed by atoms with E-state index in [1.807, 2.05) is 18.2 Å². The van der Waals surface area contributed by atoms with Gasteiger partial charge < -0.3 is 10.4 Å². The fraction of sp³-hybridized carbons (Fsp3) is 0.625. The van der Waals surface area contributed by atoms with Gasteiger partial charge in [0.1, 0.15) is 0 Å². The SMILES string of the molecule is CCCCCCCCN[C@H](CO)c1ccccc1. The Hall–Kier alpha value is -0.860.